The second-order valence-electron chi connectivity index (χ2n) is 6.31. The SMILES string of the molecule is CCn1c(-c2nc(C(=O)NCCC(C)C)cs2)cc2ccccc21. The molecule has 1 amide bonds. The van der Waals surface area contributed by atoms with Gasteiger partial charge in [0.15, 0.2) is 0 Å². The van der Waals surface area contributed by atoms with E-state index in [2.05, 4.69) is 53.8 Å². The van der Waals surface area contributed by atoms with Crippen LogP contribution < -0.4 is 5.32 Å². The Morgan fingerprint density at radius 2 is 2.12 bits per heavy atom. The second kappa shape index (κ2) is 7.18. The molecule has 0 fully saturated rings. The lowest BCUT2D eigenvalue weighted by Crippen LogP contribution is -2.25. The van der Waals surface area contributed by atoms with Crippen LogP contribution in [0, 0.1) is 5.92 Å². The van der Waals surface area contributed by atoms with Gasteiger partial charge in [-0.2, -0.15) is 0 Å². The van der Waals surface area contributed by atoms with Gasteiger partial charge in [-0.25, -0.2) is 4.98 Å². The van der Waals surface area contributed by atoms with E-state index in [0.29, 0.717) is 18.2 Å². The lowest BCUT2D eigenvalue weighted by Gasteiger charge is -2.06. The summed E-state index contributed by atoms with van der Waals surface area (Å²) >= 11 is 1.52. The van der Waals surface area contributed by atoms with Crippen LogP contribution in [0.1, 0.15) is 37.7 Å². The molecule has 24 heavy (non-hydrogen) atoms. The fourth-order valence-corrected chi connectivity index (χ4v) is 3.61. The van der Waals surface area contributed by atoms with Crippen LogP contribution >= 0.6 is 11.3 Å². The van der Waals surface area contributed by atoms with Gasteiger partial charge in [0.1, 0.15) is 10.7 Å². The van der Waals surface area contributed by atoms with E-state index in [-0.39, 0.29) is 5.91 Å². The molecular formula is C19H23N3OS. The number of rotatable bonds is 6. The number of nitrogens with one attached hydrogen (secondary N) is 1. The molecule has 0 unspecified atom stereocenters. The quantitative estimate of drug-likeness (QED) is 0.714. The molecule has 126 valence electrons. The van der Waals surface area contributed by atoms with Crippen molar-refractivity contribution in [1.82, 2.24) is 14.9 Å². The lowest BCUT2D eigenvalue weighted by atomic mass is 10.1. The molecule has 0 aliphatic carbocycles. The van der Waals surface area contributed by atoms with Crippen molar-refractivity contribution >= 4 is 28.1 Å². The van der Waals surface area contributed by atoms with Gasteiger partial charge in [0.2, 0.25) is 0 Å². The summed E-state index contributed by atoms with van der Waals surface area (Å²) in [5.41, 5.74) is 2.78. The molecule has 5 heteroatoms. The van der Waals surface area contributed by atoms with Crippen molar-refractivity contribution in [2.24, 2.45) is 5.92 Å². The smallest absolute Gasteiger partial charge is 0.270 e. The average Bonchev–Trinajstić information content (AvgIpc) is 3.18. The molecule has 0 radical (unpaired) electrons. The van der Waals surface area contributed by atoms with Crippen molar-refractivity contribution in [1.29, 1.82) is 0 Å². The summed E-state index contributed by atoms with van der Waals surface area (Å²) in [5.74, 6) is 0.494. The predicted molar refractivity (Wildman–Crippen MR) is 101 cm³/mol. The normalized spacial score (nSPS) is 11.3. The first kappa shape index (κ1) is 16.7. The molecule has 0 saturated carbocycles. The maximum atomic E-state index is 12.2. The summed E-state index contributed by atoms with van der Waals surface area (Å²) in [4.78, 5) is 16.8. The highest BCUT2D eigenvalue weighted by molar-refractivity contribution is 7.13. The monoisotopic (exact) mass is 341 g/mol. The maximum absolute atomic E-state index is 12.2. The third-order valence-electron chi connectivity index (χ3n) is 4.09. The van der Waals surface area contributed by atoms with Crippen molar-refractivity contribution in [3.05, 3.63) is 41.4 Å². The van der Waals surface area contributed by atoms with Crippen LogP contribution in [0.3, 0.4) is 0 Å². The summed E-state index contributed by atoms with van der Waals surface area (Å²) in [6, 6.07) is 10.5. The van der Waals surface area contributed by atoms with Crippen LogP contribution in [0.4, 0.5) is 0 Å². The maximum Gasteiger partial charge on any atom is 0.270 e. The molecule has 4 nitrogen and oxygen atoms in total. The van der Waals surface area contributed by atoms with Gasteiger partial charge in [0, 0.05) is 29.4 Å². The largest absolute Gasteiger partial charge is 0.351 e. The lowest BCUT2D eigenvalue weighted by molar-refractivity contribution is 0.0948. The molecule has 0 aliphatic rings. The molecule has 0 spiro atoms. The van der Waals surface area contributed by atoms with Gasteiger partial charge in [-0.1, -0.05) is 32.0 Å². The molecular weight excluding hydrogens is 318 g/mol. The fourth-order valence-electron chi connectivity index (χ4n) is 2.79. The van der Waals surface area contributed by atoms with Crippen LogP contribution in [0.15, 0.2) is 35.7 Å². The summed E-state index contributed by atoms with van der Waals surface area (Å²) < 4.78 is 2.24. The molecule has 3 aromatic rings. The number of hydrogen-bond acceptors (Lipinski definition) is 3. The first-order valence-corrected chi connectivity index (χ1v) is 9.30. The third kappa shape index (κ3) is 3.36. The number of amides is 1. The molecule has 1 N–H and O–H groups in total. The summed E-state index contributed by atoms with van der Waals surface area (Å²) in [7, 11) is 0. The standard InChI is InChI=1S/C19H23N3OS/c1-4-22-16-8-6-5-7-14(16)11-17(22)19-21-15(12-24-19)18(23)20-10-9-13(2)3/h5-8,11-13H,4,9-10H2,1-3H3,(H,20,23). The third-order valence-corrected chi connectivity index (χ3v) is 4.95. The number of carbonyl (C=O) groups excluding carboxylic acids is 1. The van der Waals surface area contributed by atoms with E-state index in [1.165, 1.54) is 22.2 Å². The molecule has 0 aliphatic heterocycles. The number of aromatic nitrogens is 2. The number of carbonyl (C=O) groups is 1. The van der Waals surface area contributed by atoms with E-state index in [1.807, 2.05) is 17.5 Å². The van der Waals surface area contributed by atoms with Crippen LogP contribution in [0.5, 0.6) is 0 Å². The van der Waals surface area contributed by atoms with Crippen molar-refractivity contribution in [3.8, 4) is 10.7 Å². The van der Waals surface area contributed by atoms with E-state index in [4.69, 9.17) is 0 Å². The fraction of sp³-hybridized carbons (Fsp3) is 0.368. The topological polar surface area (TPSA) is 46.9 Å². The van der Waals surface area contributed by atoms with Gasteiger partial charge in [0.05, 0.1) is 5.69 Å². The van der Waals surface area contributed by atoms with Gasteiger partial charge in [-0.15, -0.1) is 11.3 Å². The predicted octanol–water partition coefficient (Wildman–Crippen LogP) is 4.56. The second-order valence-corrected chi connectivity index (χ2v) is 7.17. The highest BCUT2D eigenvalue weighted by atomic mass is 32.1. The molecule has 2 aromatic heterocycles. The van der Waals surface area contributed by atoms with E-state index >= 15 is 0 Å². The molecule has 0 saturated heterocycles. The Morgan fingerprint density at radius 3 is 2.88 bits per heavy atom. The first-order valence-electron chi connectivity index (χ1n) is 8.42. The Morgan fingerprint density at radius 1 is 1.33 bits per heavy atom. The number of aryl methyl sites for hydroxylation is 1. The highest BCUT2D eigenvalue weighted by Crippen LogP contribution is 2.30. The molecule has 0 bridgehead atoms. The zero-order valence-electron chi connectivity index (χ0n) is 14.4. The molecule has 1 aromatic carbocycles. The highest BCUT2D eigenvalue weighted by Gasteiger charge is 2.15. The van der Waals surface area contributed by atoms with Crippen molar-refractivity contribution in [2.75, 3.05) is 6.54 Å². The van der Waals surface area contributed by atoms with Crippen molar-refractivity contribution in [2.45, 2.75) is 33.7 Å². The van der Waals surface area contributed by atoms with Gasteiger partial charge >= 0.3 is 0 Å². The minimum atomic E-state index is -0.0858. The summed E-state index contributed by atoms with van der Waals surface area (Å²) in [6.45, 7) is 7.99. The van der Waals surface area contributed by atoms with Gasteiger partial charge in [-0.3, -0.25) is 4.79 Å². The van der Waals surface area contributed by atoms with E-state index in [9.17, 15) is 4.79 Å². The minimum absolute atomic E-state index is 0.0858. The van der Waals surface area contributed by atoms with Crippen LogP contribution in [-0.4, -0.2) is 22.0 Å². The zero-order valence-corrected chi connectivity index (χ0v) is 15.2. The van der Waals surface area contributed by atoms with Crippen LogP contribution in [-0.2, 0) is 6.54 Å². The van der Waals surface area contributed by atoms with E-state index in [1.54, 1.807) is 0 Å². The number of fused-ring (bicyclic) bond motifs is 1. The molecule has 3 rings (SSSR count). The number of benzene rings is 1. The van der Waals surface area contributed by atoms with Crippen LogP contribution in [0.2, 0.25) is 0 Å². The Hall–Kier alpha value is -2.14. The van der Waals surface area contributed by atoms with Crippen molar-refractivity contribution in [3.63, 3.8) is 0 Å². The Labute approximate surface area is 146 Å². The number of thiazole rings is 1. The molecule has 2 heterocycles. The Balaban J connectivity index is 1.84. The summed E-state index contributed by atoms with van der Waals surface area (Å²) in [5, 5.41) is 6.89. The number of nitrogens with zero attached hydrogens (tertiary/aromatic N) is 2. The van der Waals surface area contributed by atoms with E-state index < -0.39 is 0 Å². The number of para-hydroxylation sites is 1. The molecule has 0 atom stereocenters. The van der Waals surface area contributed by atoms with Crippen LogP contribution in [0.25, 0.3) is 21.6 Å². The minimum Gasteiger partial charge on any atom is -0.351 e. The Kier molecular flexibility index (Phi) is 5.00. The Bertz CT molecular complexity index is 847. The zero-order chi connectivity index (χ0) is 17.1. The van der Waals surface area contributed by atoms with Crippen molar-refractivity contribution < 1.29 is 4.79 Å². The van der Waals surface area contributed by atoms with Gasteiger partial charge in [-0.05, 0) is 31.4 Å². The average molecular weight is 341 g/mol. The first-order chi connectivity index (χ1) is 11.6. The van der Waals surface area contributed by atoms with Gasteiger partial charge in [0.25, 0.3) is 5.91 Å². The van der Waals surface area contributed by atoms with E-state index in [0.717, 1.165) is 23.7 Å². The van der Waals surface area contributed by atoms with Gasteiger partial charge < -0.3 is 9.88 Å². The number of hydrogen-bond donors (Lipinski definition) is 1. The summed E-state index contributed by atoms with van der Waals surface area (Å²) in [6.07, 6.45) is 0.979.